The van der Waals surface area contributed by atoms with Gasteiger partial charge in [-0.15, -0.1) is 11.8 Å². The lowest BCUT2D eigenvalue weighted by atomic mass is 9.85. The van der Waals surface area contributed by atoms with Crippen LogP contribution >= 0.6 is 0 Å². The van der Waals surface area contributed by atoms with E-state index in [9.17, 15) is 20.1 Å². The highest BCUT2D eigenvalue weighted by atomic mass is 16.4. The van der Waals surface area contributed by atoms with Gasteiger partial charge in [-0.2, -0.15) is 0 Å². The Hall–Kier alpha value is -2.29. The molecule has 2 rings (SSSR count). The average Bonchev–Trinajstić information content (AvgIpc) is 3.05. The fourth-order valence-electron chi connectivity index (χ4n) is 3.99. The van der Waals surface area contributed by atoms with E-state index in [1.807, 2.05) is 31.2 Å². The highest BCUT2D eigenvalue weighted by Gasteiger charge is 2.36. The number of carboxylic acids is 1. The van der Waals surface area contributed by atoms with Crippen LogP contribution in [0.3, 0.4) is 0 Å². The predicted octanol–water partition coefficient (Wildman–Crippen LogP) is 3.62. The third-order valence-corrected chi connectivity index (χ3v) is 5.78. The van der Waals surface area contributed by atoms with Crippen molar-refractivity contribution >= 4 is 5.97 Å². The zero-order chi connectivity index (χ0) is 21.4. The van der Waals surface area contributed by atoms with Crippen LogP contribution in [-0.4, -0.2) is 38.6 Å². The number of carbonyl (C=O) groups is 1. The molecule has 0 saturated heterocycles. The van der Waals surface area contributed by atoms with Crippen LogP contribution < -0.4 is 0 Å². The number of aliphatic hydroxyl groups excluding tert-OH is 2. The van der Waals surface area contributed by atoms with Crippen LogP contribution in [0.4, 0.5) is 0 Å². The molecule has 1 saturated carbocycles. The van der Waals surface area contributed by atoms with Crippen molar-refractivity contribution in [2.45, 2.75) is 70.5 Å². The van der Waals surface area contributed by atoms with E-state index in [2.05, 4.69) is 11.8 Å². The summed E-state index contributed by atoms with van der Waals surface area (Å²) in [4.78, 5) is 10.7. The van der Waals surface area contributed by atoms with Crippen LogP contribution in [0.2, 0.25) is 0 Å². The molecule has 3 unspecified atom stereocenters. The maximum absolute atomic E-state index is 10.8. The lowest BCUT2D eigenvalue weighted by Gasteiger charge is -2.22. The van der Waals surface area contributed by atoms with Gasteiger partial charge in [-0.3, -0.25) is 4.79 Å². The van der Waals surface area contributed by atoms with Gasteiger partial charge in [0.2, 0.25) is 0 Å². The van der Waals surface area contributed by atoms with Crippen molar-refractivity contribution in [2.24, 2.45) is 11.8 Å². The van der Waals surface area contributed by atoms with E-state index >= 15 is 0 Å². The number of aliphatic hydroxyl groups is 2. The molecular weight excluding hydrogens is 368 g/mol. The predicted molar refractivity (Wildman–Crippen MR) is 113 cm³/mol. The Kier molecular flexibility index (Phi) is 8.75. The van der Waals surface area contributed by atoms with Gasteiger partial charge in [-0.25, -0.2) is 0 Å². The van der Waals surface area contributed by atoms with Gasteiger partial charge in [0.25, 0.3) is 0 Å². The molecule has 0 spiro atoms. The minimum atomic E-state index is -0.845. The van der Waals surface area contributed by atoms with Crippen molar-refractivity contribution in [3.8, 4) is 17.6 Å². The van der Waals surface area contributed by atoms with Gasteiger partial charge in [-0.05, 0) is 55.6 Å². The van der Waals surface area contributed by atoms with Crippen molar-refractivity contribution in [1.82, 2.24) is 0 Å². The first-order valence-electron chi connectivity index (χ1n) is 10.3. The van der Waals surface area contributed by atoms with Crippen LogP contribution in [0, 0.1) is 23.7 Å². The number of hydrogen-bond acceptors (Lipinski definition) is 4. The molecule has 0 heterocycles. The Bertz CT molecular complexity index is 773. The zero-order valence-corrected chi connectivity index (χ0v) is 17.2. The molecule has 5 nitrogen and oxygen atoms in total. The summed E-state index contributed by atoms with van der Waals surface area (Å²) in [6.45, 7) is 3.71. The van der Waals surface area contributed by atoms with E-state index in [0.717, 1.165) is 17.5 Å². The van der Waals surface area contributed by atoms with E-state index in [4.69, 9.17) is 5.11 Å². The number of carboxylic acid groups (broad SMARTS) is 1. The molecule has 1 aliphatic carbocycles. The van der Waals surface area contributed by atoms with Crippen LogP contribution in [0.5, 0.6) is 5.75 Å². The molecule has 158 valence electrons. The number of phenols is 1. The fraction of sp³-hybridized carbons (Fsp3) is 0.542. The van der Waals surface area contributed by atoms with Crippen molar-refractivity contribution in [3.05, 3.63) is 41.5 Å². The number of benzene rings is 1. The van der Waals surface area contributed by atoms with Crippen molar-refractivity contribution in [3.63, 3.8) is 0 Å². The maximum Gasteiger partial charge on any atom is 0.303 e. The topological polar surface area (TPSA) is 98.0 Å². The van der Waals surface area contributed by atoms with Crippen LogP contribution in [0.15, 0.2) is 30.4 Å². The Morgan fingerprint density at radius 3 is 2.79 bits per heavy atom. The average molecular weight is 401 g/mol. The number of aromatic hydroxyl groups is 1. The van der Waals surface area contributed by atoms with Crippen LogP contribution in [0.1, 0.15) is 63.0 Å². The van der Waals surface area contributed by atoms with Crippen molar-refractivity contribution < 1.29 is 25.2 Å². The number of phenolic OH excluding ortho intramolecular Hbond substituents is 1. The zero-order valence-electron chi connectivity index (χ0n) is 17.2. The minimum absolute atomic E-state index is 0.00154. The van der Waals surface area contributed by atoms with Gasteiger partial charge < -0.3 is 20.4 Å². The third-order valence-electron chi connectivity index (χ3n) is 5.78. The summed E-state index contributed by atoms with van der Waals surface area (Å²) in [5.41, 5.74) is 1.52. The van der Waals surface area contributed by atoms with Gasteiger partial charge in [0.05, 0.1) is 12.2 Å². The lowest BCUT2D eigenvalue weighted by molar-refractivity contribution is -0.137. The summed E-state index contributed by atoms with van der Waals surface area (Å²) in [7, 11) is 0. The molecule has 4 N–H and O–H groups in total. The molecule has 1 aromatic carbocycles. The van der Waals surface area contributed by atoms with Crippen LogP contribution in [0.25, 0.3) is 0 Å². The molecular formula is C24H32O5. The second-order valence-corrected chi connectivity index (χ2v) is 7.91. The summed E-state index contributed by atoms with van der Waals surface area (Å²) < 4.78 is 0. The van der Waals surface area contributed by atoms with Gasteiger partial charge in [0, 0.05) is 18.8 Å². The largest absolute Gasteiger partial charge is 0.507 e. The molecule has 0 aliphatic heterocycles. The molecule has 5 atom stereocenters. The molecule has 1 aliphatic rings. The minimum Gasteiger partial charge on any atom is -0.507 e. The summed E-state index contributed by atoms with van der Waals surface area (Å²) >= 11 is 0. The maximum atomic E-state index is 10.8. The molecule has 0 aromatic heterocycles. The van der Waals surface area contributed by atoms with Crippen molar-refractivity contribution in [2.75, 3.05) is 0 Å². The van der Waals surface area contributed by atoms with Gasteiger partial charge >= 0.3 is 5.97 Å². The smallest absolute Gasteiger partial charge is 0.303 e. The monoisotopic (exact) mass is 400 g/mol. The van der Waals surface area contributed by atoms with E-state index in [1.54, 1.807) is 13.0 Å². The van der Waals surface area contributed by atoms with Gasteiger partial charge in [0.15, 0.2) is 0 Å². The Labute approximate surface area is 173 Å². The highest BCUT2D eigenvalue weighted by molar-refractivity contribution is 5.66. The SMILES string of the molecule is CC#CCC(C)C(O)/C=C/C1[C@H](O)CC[C@@H]1c1cccc(CCCC(=O)O)c1O. The summed E-state index contributed by atoms with van der Waals surface area (Å²) in [5, 5.41) is 40.4. The second kappa shape index (κ2) is 11.0. The van der Waals surface area contributed by atoms with Crippen LogP contribution in [-0.2, 0) is 11.2 Å². The normalized spacial score (nSPS) is 23.5. The molecule has 0 amide bonds. The lowest BCUT2D eigenvalue weighted by Crippen LogP contribution is -2.19. The van der Waals surface area contributed by atoms with Crippen molar-refractivity contribution in [1.29, 1.82) is 0 Å². The second-order valence-electron chi connectivity index (χ2n) is 7.91. The quantitative estimate of drug-likeness (QED) is 0.375. The van der Waals surface area contributed by atoms with Gasteiger partial charge in [0.1, 0.15) is 5.75 Å². The molecule has 0 radical (unpaired) electrons. The molecule has 1 fully saturated rings. The molecule has 0 bridgehead atoms. The molecule has 1 aromatic rings. The van der Waals surface area contributed by atoms with E-state index < -0.39 is 18.2 Å². The van der Waals surface area contributed by atoms with E-state index in [0.29, 0.717) is 25.7 Å². The van der Waals surface area contributed by atoms with E-state index in [-0.39, 0.29) is 29.9 Å². The number of rotatable bonds is 9. The summed E-state index contributed by atoms with van der Waals surface area (Å²) in [6.07, 6.45) is 5.47. The number of para-hydroxylation sites is 1. The molecule has 29 heavy (non-hydrogen) atoms. The first-order valence-corrected chi connectivity index (χ1v) is 10.3. The number of aryl methyl sites for hydroxylation is 1. The fourth-order valence-corrected chi connectivity index (χ4v) is 3.99. The summed E-state index contributed by atoms with van der Waals surface area (Å²) in [5.74, 6) is 4.93. The Morgan fingerprint density at radius 1 is 1.34 bits per heavy atom. The standard InChI is InChI=1S/C24H32O5/c1-3-4-7-16(2)21(25)14-13-19-18(12-15-22(19)26)20-10-5-8-17(24(20)29)9-6-11-23(27)28/h5,8,10,13-14,16,18-19,21-22,25-26,29H,6-7,9,11-12,15H2,1-2H3,(H,27,28)/b14-13+/t16?,18-,19?,21?,22+/m0/s1. The Balaban J connectivity index is 2.15. The highest BCUT2D eigenvalue weighted by Crippen LogP contribution is 2.44. The first-order chi connectivity index (χ1) is 13.8. The summed E-state index contributed by atoms with van der Waals surface area (Å²) in [6, 6.07) is 5.56. The van der Waals surface area contributed by atoms with E-state index in [1.165, 1.54) is 0 Å². The number of hydrogen-bond donors (Lipinski definition) is 4. The molecule has 5 heteroatoms. The third kappa shape index (κ3) is 6.35. The number of aliphatic carboxylic acids is 1. The first kappa shape index (κ1) is 23.0. The Morgan fingerprint density at radius 2 is 2.10 bits per heavy atom. The van der Waals surface area contributed by atoms with Gasteiger partial charge in [-0.1, -0.05) is 37.3 Å².